The summed E-state index contributed by atoms with van der Waals surface area (Å²) in [4.78, 5) is 11.9. The number of benzene rings is 2. The van der Waals surface area contributed by atoms with E-state index < -0.39 is 0 Å². The second kappa shape index (κ2) is 5.06. The molecule has 0 N–H and O–H groups in total. The summed E-state index contributed by atoms with van der Waals surface area (Å²) in [6.07, 6.45) is 1.77. The maximum Gasteiger partial charge on any atom is 0.316 e. The predicted molar refractivity (Wildman–Crippen MR) is 82.5 cm³/mol. The fourth-order valence-electron chi connectivity index (χ4n) is 2.56. The van der Waals surface area contributed by atoms with E-state index in [4.69, 9.17) is 4.74 Å². The van der Waals surface area contributed by atoms with E-state index in [9.17, 15) is 4.79 Å². The van der Waals surface area contributed by atoms with Crippen molar-refractivity contribution in [2.24, 2.45) is 0 Å². The average Bonchev–Trinajstić information content (AvgIpc) is 3.29. The highest BCUT2D eigenvalue weighted by Gasteiger charge is 2.52. The van der Waals surface area contributed by atoms with E-state index in [-0.39, 0.29) is 11.4 Å². The zero-order chi connectivity index (χ0) is 14.2. The van der Waals surface area contributed by atoms with Crippen molar-refractivity contribution < 1.29 is 9.53 Å². The van der Waals surface area contributed by atoms with Crippen molar-refractivity contribution in [3.05, 3.63) is 58.6 Å². The minimum atomic E-state index is -0.382. The lowest BCUT2D eigenvalue weighted by molar-refractivity contribution is -0.143. The first-order valence-electron chi connectivity index (χ1n) is 6.61. The zero-order valence-corrected chi connectivity index (χ0v) is 12.8. The van der Waals surface area contributed by atoms with Crippen LogP contribution in [-0.2, 0) is 14.9 Å². The fraction of sp³-hybridized carbons (Fsp3) is 0.235. The minimum absolute atomic E-state index is 0.117. The molecule has 3 rings (SSSR count). The molecule has 0 spiro atoms. The molecule has 3 heteroatoms. The lowest BCUT2D eigenvalue weighted by atomic mass is 9.94. The molecule has 0 saturated heterocycles. The summed E-state index contributed by atoms with van der Waals surface area (Å²) in [7, 11) is 1.46. The van der Waals surface area contributed by atoms with Crippen LogP contribution in [0.1, 0.15) is 18.4 Å². The fourth-order valence-corrected chi connectivity index (χ4v) is 2.82. The Labute approximate surface area is 126 Å². The predicted octanol–water partition coefficient (Wildman–Crippen LogP) is 4.32. The summed E-state index contributed by atoms with van der Waals surface area (Å²) >= 11 is 3.44. The first-order chi connectivity index (χ1) is 9.65. The van der Waals surface area contributed by atoms with Crippen molar-refractivity contribution in [2.45, 2.75) is 18.3 Å². The van der Waals surface area contributed by atoms with Gasteiger partial charge < -0.3 is 4.74 Å². The third-order valence-electron chi connectivity index (χ3n) is 3.94. The number of rotatable bonds is 3. The Morgan fingerprint density at radius 2 is 1.50 bits per heavy atom. The maximum atomic E-state index is 11.9. The van der Waals surface area contributed by atoms with E-state index in [0.29, 0.717) is 0 Å². The monoisotopic (exact) mass is 330 g/mol. The molecule has 2 aromatic carbocycles. The summed E-state index contributed by atoms with van der Waals surface area (Å²) < 4.78 is 5.99. The molecule has 0 aromatic heterocycles. The van der Waals surface area contributed by atoms with Crippen molar-refractivity contribution in [3.63, 3.8) is 0 Å². The molecular formula is C17H15BrO2. The number of hydrogen-bond acceptors (Lipinski definition) is 2. The molecule has 1 fully saturated rings. The molecular weight excluding hydrogens is 316 g/mol. The third kappa shape index (κ3) is 2.27. The van der Waals surface area contributed by atoms with Crippen LogP contribution in [0.4, 0.5) is 0 Å². The number of ether oxygens (including phenoxy) is 1. The van der Waals surface area contributed by atoms with Gasteiger partial charge in [0.15, 0.2) is 0 Å². The van der Waals surface area contributed by atoms with Crippen LogP contribution in [0.3, 0.4) is 0 Å². The summed E-state index contributed by atoms with van der Waals surface area (Å²) in [5, 5.41) is 0. The van der Waals surface area contributed by atoms with Crippen LogP contribution in [0.15, 0.2) is 53.0 Å². The van der Waals surface area contributed by atoms with Gasteiger partial charge in [-0.15, -0.1) is 0 Å². The average molecular weight is 331 g/mol. The first-order valence-corrected chi connectivity index (χ1v) is 7.40. The SMILES string of the molecule is COC(=O)C1(c2ccc(-c3ccc(Br)cc3)cc2)CC1. The van der Waals surface area contributed by atoms with Gasteiger partial charge >= 0.3 is 5.97 Å². The summed E-state index contributed by atoms with van der Waals surface area (Å²) in [6.45, 7) is 0. The highest BCUT2D eigenvalue weighted by Crippen LogP contribution is 2.49. The van der Waals surface area contributed by atoms with Crippen molar-refractivity contribution in [3.8, 4) is 11.1 Å². The normalized spacial score (nSPS) is 15.7. The molecule has 2 nitrogen and oxygen atoms in total. The molecule has 0 aliphatic heterocycles. The van der Waals surface area contributed by atoms with Gasteiger partial charge in [-0.3, -0.25) is 4.79 Å². The molecule has 0 amide bonds. The van der Waals surface area contributed by atoms with E-state index >= 15 is 0 Å². The van der Waals surface area contributed by atoms with Gasteiger partial charge in [0, 0.05) is 4.47 Å². The Kier molecular flexibility index (Phi) is 3.38. The quantitative estimate of drug-likeness (QED) is 0.783. The Balaban J connectivity index is 1.89. The number of methoxy groups -OCH3 is 1. The molecule has 20 heavy (non-hydrogen) atoms. The first kappa shape index (κ1) is 13.4. The molecule has 0 atom stereocenters. The van der Waals surface area contributed by atoms with E-state index in [2.05, 4.69) is 40.2 Å². The minimum Gasteiger partial charge on any atom is -0.468 e. The maximum absolute atomic E-state index is 11.9. The largest absolute Gasteiger partial charge is 0.468 e. The smallest absolute Gasteiger partial charge is 0.316 e. The van der Waals surface area contributed by atoms with Crippen molar-refractivity contribution in [2.75, 3.05) is 7.11 Å². The molecule has 1 saturated carbocycles. The molecule has 0 radical (unpaired) electrons. The summed E-state index contributed by atoms with van der Waals surface area (Å²) in [5.41, 5.74) is 3.00. The molecule has 2 aromatic rings. The molecule has 0 bridgehead atoms. The van der Waals surface area contributed by atoms with Crippen LogP contribution in [0, 0.1) is 0 Å². The molecule has 0 heterocycles. The van der Waals surface area contributed by atoms with Crippen LogP contribution < -0.4 is 0 Å². The van der Waals surface area contributed by atoms with Gasteiger partial charge in [0.2, 0.25) is 0 Å². The van der Waals surface area contributed by atoms with Crippen molar-refractivity contribution in [1.29, 1.82) is 0 Å². The number of halogens is 1. The second-order valence-electron chi connectivity index (χ2n) is 5.16. The van der Waals surface area contributed by atoms with E-state index in [1.165, 1.54) is 12.7 Å². The highest BCUT2D eigenvalue weighted by molar-refractivity contribution is 9.10. The Morgan fingerprint density at radius 3 is 1.95 bits per heavy atom. The van der Waals surface area contributed by atoms with Gasteiger partial charge in [0.25, 0.3) is 0 Å². The standard InChI is InChI=1S/C17H15BrO2/c1-20-16(19)17(10-11-17)14-6-2-12(3-7-14)13-4-8-15(18)9-5-13/h2-9H,10-11H2,1H3. The van der Waals surface area contributed by atoms with Gasteiger partial charge in [0.05, 0.1) is 12.5 Å². The number of hydrogen-bond donors (Lipinski definition) is 0. The van der Waals surface area contributed by atoms with Crippen molar-refractivity contribution >= 4 is 21.9 Å². The Bertz CT molecular complexity index is 625. The van der Waals surface area contributed by atoms with Gasteiger partial charge in [-0.25, -0.2) is 0 Å². The van der Waals surface area contributed by atoms with Gasteiger partial charge in [-0.2, -0.15) is 0 Å². The van der Waals surface area contributed by atoms with E-state index in [1.54, 1.807) is 0 Å². The van der Waals surface area contributed by atoms with Crippen LogP contribution in [0.25, 0.3) is 11.1 Å². The van der Waals surface area contributed by atoms with Gasteiger partial charge in [-0.05, 0) is 41.7 Å². The summed E-state index contributed by atoms with van der Waals surface area (Å²) in [6, 6.07) is 16.4. The molecule has 102 valence electrons. The summed E-state index contributed by atoms with van der Waals surface area (Å²) in [5.74, 6) is -0.117. The van der Waals surface area contributed by atoms with Gasteiger partial charge in [-0.1, -0.05) is 52.3 Å². The second-order valence-corrected chi connectivity index (χ2v) is 6.07. The topological polar surface area (TPSA) is 26.3 Å². The Hall–Kier alpha value is -1.61. The van der Waals surface area contributed by atoms with Crippen LogP contribution in [0.2, 0.25) is 0 Å². The zero-order valence-electron chi connectivity index (χ0n) is 11.2. The third-order valence-corrected chi connectivity index (χ3v) is 4.47. The molecule has 1 aliphatic rings. The lowest BCUT2D eigenvalue weighted by Gasteiger charge is -2.13. The van der Waals surface area contributed by atoms with E-state index in [0.717, 1.165) is 28.4 Å². The molecule has 0 unspecified atom stereocenters. The van der Waals surface area contributed by atoms with Crippen LogP contribution in [-0.4, -0.2) is 13.1 Å². The number of carbonyl (C=O) groups excluding carboxylic acids is 1. The van der Waals surface area contributed by atoms with Crippen LogP contribution in [0.5, 0.6) is 0 Å². The van der Waals surface area contributed by atoms with Gasteiger partial charge in [0.1, 0.15) is 0 Å². The van der Waals surface area contributed by atoms with Crippen molar-refractivity contribution in [1.82, 2.24) is 0 Å². The Morgan fingerprint density at radius 1 is 1.00 bits per heavy atom. The van der Waals surface area contributed by atoms with Crippen LogP contribution >= 0.6 is 15.9 Å². The highest BCUT2D eigenvalue weighted by atomic mass is 79.9. The number of carbonyl (C=O) groups is 1. The number of esters is 1. The van der Waals surface area contributed by atoms with E-state index in [1.807, 2.05) is 24.3 Å². The lowest BCUT2D eigenvalue weighted by Crippen LogP contribution is -2.21. The molecule has 1 aliphatic carbocycles.